The first-order valence-corrected chi connectivity index (χ1v) is 8.59. The lowest BCUT2D eigenvalue weighted by Crippen LogP contribution is -2.47. The van der Waals surface area contributed by atoms with E-state index in [1.54, 1.807) is 31.0 Å². The number of nitrogens with zero attached hydrogens (tertiary/aromatic N) is 1. The van der Waals surface area contributed by atoms with Gasteiger partial charge >= 0.3 is 0 Å². The zero-order chi connectivity index (χ0) is 18.4. The van der Waals surface area contributed by atoms with Gasteiger partial charge in [0.15, 0.2) is 0 Å². The summed E-state index contributed by atoms with van der Waals surface area (Å²) in [6.07, 6.45) is 0.227. The normalized spacial score (nSPS) is 11.7. The van der Waals surface area contributed by atoms with E-state index in [1.165, 1.54) is 0 Å². The second-order valence-electron chi connectivity index (χ2n) is 6.10. The summed E-state index contributed by atoms with van der Waals surface area (Å²) in [5.74, 6) is -0.282. The molecular weight excluding hydrogens is 336 g/mol. The molecule has 25 heavy (non-hydrogen) atoms. The van der Waals surface area contributed by atoms with E-state index in [4.69, 9.17) is 11.6 Å². The molecule has 0 saturated carbocycles. The quantitative estimate of drug-likeness (QED) is 0.860. The Morgan fingerprint density at radius 3 is 2.16 bits per heavy atom. The molecule has 2 aromatic carbocycles. The van der Waals surface area contributed by atoms with E-state index in [-0.39, 0.29) is 18.2 Å². The SMILES string of the molecule is CNC(=O)[C@H](C)N(Cc1ccc(C)cc1)C(=O)Cc1ccc(Cl)cc1. The Labute approximate surface area is 153 Å². The number of benzene rings is 2. The minimum absolute atomic E-state index is 0.0982. The van der Waals surface area contributed by atoms with Crippen molar-refractivity contribution in [3.63, 3.8) is 0 Å². The molecule has 0 radical (unpaired) electrons. The van der Waals surface area contributed by atoms with E-state index in [1.807, 2.05) is 43.3 Å². The van der Waals surface area contributed by atoms with Crippen LogP contribution in [-0.4, -0.2) is 29.8 Å². The number of halogens is 1. The van der Waals surface area contributed by atoms with E-state index in [0.717, 1.165) is 16.7 Å². The molecule has 0 aliphatic rings. The number of aryl methyl sites for hydroxylation is 1. The van der Waals surface area contributed by atoms with Gasteiger partial charge in [0.25, 0.3) is 0 Å². The van der Waals surface area contributed by atoms with Crippen LogP contribution in [-0.2, 0) is 22.6 Å². The first-order chi connectivity index (χ1) is 11.9. The Hall–Kier alpha value is -2.33. The maximum atomic E-state index is 12.8. The van der Waals surface area contributed by atoms with Crippen LogP contribution < -0.4 is 5.32 Å². The predicted molar refractivity (Wildman–Crippen MR) is 100 cm³/mol. The molecule has 0 aliphatic heterocycles. The Balaban J connectivity index is 2.20. The fourth-order valence-electron chi connectivity index (χ4n) is 2.56. The van der Waals surface area contributed by atoms with Crippen molar-refractivity contribution < 1.29 is 9.59 Å². The van der Waals surface area contributed by atoms with Gasteiger partial charge in [-0.25, -0.2) is 0 Å². The summed E-state index contributed by atoms with van der Waals surface area (Å²) in [5, 5.41) is 3.25. The highest BCUT2D eigenvalue weighted by Crippen LogP contribution is 2.15. The number of carbonyl (C=O) groups is 2. The van der Waals surface area contributed by atoms with E-state index in [0.29, 0.717) is 11.6 Å². The minimum atomic E-state index is -0.550. The lowest BCUT2D eigenvalue weighted by Gasteiger charge is -2.28. The van der Waals surface area contributed by atoms with Crippen molar-refractivity contribution >= 4 is 23.4 Å². The van der Waals surface area contributed by atoms with Crippen LogP contribution in [0.5, 0.6) is 0 Å². The predicted octanol–water partition coefficient (Wildman–Crippen LogP) is 3.35. The van der Waals surface area contributed by atoms with Gasteiger partial charge in [-0.1, -0.05) is 53.6 Å². The van der Waals surface area contributed by atoms with Crippen LogP contribution in [0.25, 0.3) is 0 Å². The van der Waals surface area contributed by atoms with Gasteiger partial charge < -0.3 is 10.2 Å². The van der Waals surface area contributed by atoms with Crippen LogP contribution in [0.15, 0.2) is 48.5 Å². The molecule has 1 atom stereocenters. The zero-order valence-electron chi connectivity index (χ0n) is 14.8. The highest BCUT2D eigenvalue weighted by atomic mass is 35.5. The average Bonchev–Trinajstić information content (AvgIpc) is 2.61. The summed E-state index contributed by atoms with van der Waals surface area (Å²) in [6.45, 7) is 4.15. The molecule has 2 amide bonds. The maximum absolute atomic E-state index is 12.8. The van der Waals surface area contributed by atoms with Crippen LogP contribution in [0.3, 0.4) is 0 Å². The molecule has 132 valence electrons. The third-order valence-corrected chi connectivity index (χ3v) is 4.41. The van der Waals surface area contributed by atoms with Crippen molar-refractivity contribution in [3.05, 3.63) is 70.2 Å². The van der Waals surface area contributed by atoms with Gasteiger partial charge in [-0.2, -0.15) is 0 Å². The van der Waals surface area contributed by atoms with Gasteiger partial charge in [0, 0.05) is 18.6 Å². The number of hydrogen-bond donors (Lipinski definition) is 1. The van der Waals surface area contributed by atoms with Crippen LogP contribution in [0, 0.1) is 6.92 Å². The molecule has 0 aromatic heterocycles. The lowest BCUT2D eigenvalue weighted by molar-refractivity contribution is -0.139. The molecule has 0 fully saturated rings. The second kappa shape index (κ2) is 8.67. The molecule has 5 heteroatoms. The third kappa shape index (κ3) is 5.33. The Bertz CT molecular complexity index is 726. The van der Waals surface area contributed by atoms with Gasteiger partial charge in [0.1, 0.15) is 6.04 Å². The van der Waals surface area contributed by atoms with Crippen molar-refractivity contribution in [1.29, 1.82) is 0 Å². The summed E-state index contributed by atoms with van der Waals surface area (Å²) in [4.78, 5) is 26.5. The number of hydrogen-bond acceptors (Lipinski definition) is 2. The van der Waals surface area contributed by atoms with Gasteiger partial charge in [0.05, 0.1) is 6.42 Å². The van der Waals surface area contributed by atoms with Crippen molar-refractivity contribution in [3.8, 4) is 0 Å². The standard InChI is InChI=1S/C20H23ClN2O2/c1-14-4-6-17(7-5-14)13-23(15(2)20(25)22-3)19(24)12-16-8-10-18(21)11-9-16/h4-11,15H,12-13H2,1-3H3,(H,22,25)/t15-/m0/s1. The van der Waals surface area contributed by atoms with Gasteiger partial charge in [-0.15, -0.1) is 0 Å². The summed E-state index contributed by atoms with van der Waals surface area (Å²) in [7, 11) is 1.58. The Morgan fingerprint density at radius 2 is 1.60 bits per heavy atom. The van der Waals surface area contributed by atoms with Gasteiger partial charge in [-0.05, 0) is 37.1 Å². The van der Waals surface area contributed by atoms with Crippen LogP contribution in [0.4, 0.5) is 0 Å². The summed E-state index contributed by atoms with van der Waals surface area (Å²) in [6, 6.07) is 14.6. The molecule has 2 aromatic rings. The number of carbonyl (C=O) groups excluding carboxylic acids is 2. The van der Waals surface area contributed by atoms with Crippen molar-refractivity contribution in [2.24, 2.45) is 0 Å². The molecule has 1 N–H and O–H groups in total. The van der Waals surface area contributed by atoms with Crippen molar-refractivity contribution in [2.75, 3.05) is 7.05 Å². The fourth-order valence-corrected chi connectivity index (χ4v) is 2.69. The molecule has 0 bridgehead atoms. The smallest absolute Gasteiger partial charge is 0.242 e. The van der Waals surface area contributed by atoms with Crippen LogP contribution in [0.1, 0.15) is 23.6 Å². The number of amides is 2. The van der Waals surface area contributed by atoms with E-state index < -0.39 is 6.04 Å². The highest BCUT2D eigenvalue weighted by Gasteiger charge is 2.25. The highest BCUT2D eigenvalue weighted by molar-refractivity contribution is 6.30. The third-order valence-electron chi connectivity index (χ3n) is 4.16. The van der Waals surface area contributed by atoms with Crippen molar-refractivity contribution in [2.45, 2.75) is 32.9 Å². The molecule has 2 rings (SSSR count). The van der Waals surface area contributed by atoms with Gasteiger partial charge in [0.2, 0.25) is 11.8 Å². The number of nitrogens with one attached hydrogen (secondary N) is 1. The van der Waals surface area contributed by atoms with E-state index in [9.17, 15) is 9.59 Å². The van der Waals surface area contributed by atoms with Crippen LogP contribution in [0.2, 0.25) is 5.02 Å². The number of likely N-dealkylation sites (N-methyl/N-ethyl adjacent to an activating group) is 1. The van der Waals surface area contributed by atoms with E-state index >= 15 is 0 Å². The molecule has 0 heterocycles. The first-order valence-electron chi connectivity index (χ1n) is 8.21. The number of rotatable bonds is 6. The monoisotopic (exact) mass is 358 g/mol. The molecule has 0 unspecified atom stereocenters. The molecule has 0 saturated heterocycles. The first kappa shape index (κ1) is 19.0. The van der Waals surface area contributed by atoms with E-state index in [2.05, 4.69) is 5.32 Å². The molecule has 0 aliphatic carbocycles. The zero-order valence-corrected chi connectivity index (χ0v) is 15.5. The van der Waals surface area contributed by atoms with Crippen LogP contribution >= 0.6 is 11.6 Å². The summed E-state index contributed by atoms with van der Waals surface area (Å²) in [5.41, 5.74) is 3.01. The second-order valence-corrected chi connectivity index (χ2v) is 6.54. The molecule has 4 nitrogen and oxygen atoms in total. The molecular formula is C20H23ClN2O2. The van der Waals surface area contributed by atoms with Gasteiger partial charge in [-0.3, -0.25) is 9.59 Å². The minimum Gasteiger partial charge on any atom is -0.357 e. The average molecular weight is 359 g/mol. The lowest BCUT2D eigenvalue weighted by atomic mass is 10.1. The largest absolute Gasteiger partial charge is 0.357 e. The summed E-state index contributed by atoms with van der Waals surface area (Å²) >= 11 is 5.89. The summed E-state index contributed by atoms with van der Waals surface area (Å²) < 4.78 is 0. The van der Waals surface area contributed by atoms with Crippen molar-refractivity contribution in [1.82, 2.24) is 10.2 Å². The topological polar surface area (TPSA) is 49.4 Å². The maximum Gasteiger partial charge on any atom is 0.242 e. The Morgan fingerprint density at radius 1 is 1.04 bits per heavy atom. The fraction of sp³-hybridized carbons (Fsp3) is 0.300. The molecule has 0 spiro atoms. The Kier molecular flexibility index (Phi) is 6.59.